The molecule has 3 nitrogen and oxygen atoms in total. The van der Waals surface area contributed by atoms with Gasteiger partial charge in [-0.25, -0.2) is 0 Å². The molecule has 23 heavy (non-hydrogen) atoms. The second kappa shape index (κ2) is 5.99. The highest BCUT2D eigenvalue weighted by Gasteiger charge is 2.29. The van der Waals surface area contributed by atoms with Gasteiger partial charge in [-0.15, -0.1) is 0 Å². The van der Waals surface area contributed by atoms with Gasteiger partial charge in [0.05, 0.1) is 14.2 Å². The van der Waals surface area contributed by atoms with Crippen molar-refractivity contribution in [3.8, 4) is 17.2 Å². The standard InChI is InChI=1S/C20H22O3/c1-12-9-15-10-18(22-3)19(23-4)11-17(15)20(13(12)2)14-5-7-16(21)8-6-14/h5-11,13,20-21H,1-4H3/t13-,20-/m1/s1. The molecule has 1 N–H and O–H groups in total. The van der Waals surface area contributed by atoms with Crippen LogP contribution in [0.3, 0.4) is 0 Å². The Hall–Kier alpha value is -2.42. The number of hydrogen-bond acceptors (Lipinski definition) is 3. The van der Waals surface area contributed by atoms with E-state index in [4.69, 9.17) is 9.47 Å². The highest BCUT2D eigenvalue weighted by Crippen LogP contribution is 2.46. The predicted molar refractivity (Wildman–Crippen MR) is 92.3 cm³/mol. The number of aromatic hydroxyl groups is 1. The Morgan fingerprint density at radius 3 is 2.17 bits per heavy atom. The molecule has 1 aliphatic rings. The minimum Gasteiger partial charge on any atom is -0.508 e. The predicted octanol–water partition coefficient (Wildman–Crippen LogP) is 4.59. The van der Waals surface area contributed by atoms with Crippen LogP contribution in [0.4, 0.5) is 0 Å². The molecule has 0 aliphatic heterocycles. The number of hydrogen-bond donors (Lipinski definition) is 1. The van der Waals surface area contributed by atoms with Gasteiger partial charge >= 0.3 is 0 Å². The molecule has 0 bridgehead atoms. The van der Waals surface area contributed by atoms with Crippen LogP contribution in [0.5, 0.6) is 17.2 Å². The quantitative estimate of drug-likeness (QED) is 0.901. The molecule has 0 spiro atoms. The van der Waals surface area contributed by atoms with Crippen molar-refractivity contribution in [3.05, 3.63) is 58.7 Å². The lowest BCUT2D eigenvalue weighted by Crippen LogP contribution is -2.17. The Labute approximate surface area is 137 Å². The van der Waals surface area contributed by atoms with E-state index in [-0.39, 0.29) is 11.7 Å². The first-order chi connectivity index (χ1) is 11.0. The van der Waals surface area contributed by atoms with Crippen LogP contribution in [-0.2, 0) is 0 Å². The van der Waals surface area contributed by atoms with Crippen molar-refractivity contribution in [2.45, 2.75) is 19.8 Å². The van der Waals surface area contributed by atoms with Gasteiger partial charge in [-0.2, -0.15) is 0 Å². The van der Waals surface area contributed by atoms with Crippen molar-refractivity contribution in [2.24, 2.45) is 5.92 Å². The van der Waals surface area contributed by atoms with Crippen molar-refractivity contribution in [1.29, 1.82) is 0 Å². The third kappa shape index (κ3) is 2.67. The molecule has 0 heterocycles. The third-order valence-corrected chi connectivity index (χ3v) is 4.78. The molecule has 0 amide bonds. The number of benzene rings is 2. The second-order valence-electron chi connectivity index (χ2n) is 6.08. The Kier molecular flexibility index (Phi) is 4.03. The molecule has 2 atom stereocenters. The minimum atomic E-state index is 0.232. The molecule has 3 heteroatoms. The molecule has 2 aromatic rings. The SMILES string of the molecule is COc1cc2c(cc1OC)[C@@H](c1ccc(O)cc1)[C@H](C)C(C)=C2. The zero-order chi connectivity index (χ0) is 16.6. The average Bonchev–Trinajstić information content (AvgIpc) is 2.56. The summed E-state index contributed by atoms with van der Waals surface area (Å²) in [5.74, 6) is 2.39. The Balaban J connectivity index is 2.19. The number of allylic oxidation sites excluding steroid dienone is 1. The van der Waals surface area contributed by atoms with E-state index < -0.39 is 0 Å². The summed E-state index contributed by atoms with van der Waals surface area (Å²) < 4.78 is 10.9. The lowest BCUT2D eigenvalue weighted by molar-refractivity contribution is 0.354. The summed E-state index contributed by atoms with van der Waals surface area (Å²) in [4.78, 5) is 0. The summed E-state index contributed by atoms with van der Waals surface area (Å²) in [6, 6.07) is 11.6. The van der Waals surface area contributed by atoms with Crippen LogP contribution in [0.15, 0.2) is 42.0 Å². The lowest BCUT2D eigenvalue weighted by atomic mass is 9.73. The van der Waals surface area contributed by atoms with Gasteiger partial charge in [0.25, 0.3) is 0 Å². The van der Waals surface area contributed by atoms with Crippen molar-refractivity contribution >= 4 is 6.08 Å². The van der Waals surface area contributed by atoms with Crippen LogP contribution in [0, 0.1) is 5.92 Å². The fourth-order valence-electron chi connectivity index (χ4n) is 3.36. The van der Waals surface area contributed by atoms with Gasteiger partial charge in [-0.1, -0.05) is 30.7 Å². The maximum Gasteiger partial charge on any atom is 0.161 e. The highest BCUT2D eigenvalue weighted by atomic mass is 16.5. The van der Waals surface area contributed by atoms with E-state index in [2.05, 4.69) is 26.0 Å². The number of phenolic OH excluding ortho intramolecular Hbond substituents is 1. The van der Waals surface area contributed by atoms with E-state index in [0.29, 0.717) is 5.92 Å². The average molecular weight is 310 g/mol. The third-order valence-electron chi connectivity index (χ3n) is 4.78. The Morgan fingerprint density at radius 2 is 1.57 bits per heavy atom. The fraction of sp³-hybridized carbons (Fsp3) is 0.300. The largest absolute Gasteiger partial charge is 0.508 e. The normalized spacial score (nSPS) is 19.7. The number of rotatable bonds is 3. The molecular formula is C20H22O3. The van der Waals surface area contributed by atoms with Gasteiger partial charge in [-0.3, -0.25) is 0 Å². The molecule has 0 fully saturated rings. The summed E-state index contributed by atoms with van der Waals surface area (Å²) in [7, 11) is 3.32. The topological polar surface area (TPSA) is 38.7 Å². The van der Waals surface area contributed by atoms with Crippen LogP contribution in [0.25, 0.3) is 6.08 Å². The maximum atomic E-state index is 9.57. The van der Waals surface area contributed by atoms with Crippen molar-refractivity contribution in [2.75, 3.05) is 14.2 Å². The van der Waals surface area contributed by atoms with Crippen LogP contribution in [0.2, 0.25) is 0 Å². The van der Waals surface area contributed by atoms with Gasteiger partial charge in [0.15, 0.2) is 11.5 Å². The maximum absolute atomic E-state index is 9.57. The van der Waals surface area contributed by atoms with Crippen LogP contribution < -0.4 is 9.47 Å². The van der Waals surface area contributed by atoms with Crippen molar-refractivity contribution < 1.29 is 14.6 Å². The highest BCUT2D eigenvalue weighted by molar-refractivity contribution is 5.67. The van der Waals surface area contributed by atoms with E-state index in [0.717, 1.165) is 17.1 Å². The Morgan fingerprint density at radius 1 is 0.957 bits per heavy atom. The van der Waals surface area contributed by atoms with Crippen molar-refractivity contribution in [3.63, 3.8) is 0 Å². The summed E-state index contributed by atoms with van der Waals surface area (Å²) in [5, 5.41) is 9.57. The summed E-state index contributed by atoms with van der Waals surface area (Å²) in [5.41, 5.74) is 4.92. The van der Waals surface area contributed by atoms with E-state index in [1.807, 2.05) is 18.2 Å². The van der Waals surface area contributed by atoms with Gasteiger partial charge in [0.1, 0.15) is 5.75 Å². The van der Waals surface area contributed by atoms with Gasteiger partial charge in [-0.05, 0) is 53.8 Å². The zero-order valence-corrected chi connectivity index (χ0v) is 14.0. The van der Waals surface area contributed by atoms with Gasteiger partial charge in [0.2, 0.25) is 0 Å². The molecule has 1 aliphatic carbocycles. The Bertz CT molecular complexity index is 744. The van der Waals surface area contributed by atoms with E-state index in [9.17, 15) is 5.11 Å². The number of fused-ring (bicyclic) bond motifs is 1. The number of methoxy groups -OCH3 is 2. The van der Waals surface area contributed by atoms with Crippen LogP contribution in [0.1, 0.15) is 36.5 Å². The first-order valence-electron chi connectivity index (χ1n) is 7.78. The van der Waals surface area contributed by atoms with Crippen molar-refractivity contribution in [1.82, 2.24) is 0 Å². The summed E-state index contributed by atoms with van der Waals surface area (Å²) >= 11 is 0. The molecule has 0 unspecified atom stereocenters. The molecular weight excluding hydrogens is 288 g/mol. The molecule has 0 saturated heterocycles. The molecule has 2 aromatic carbocycles. The zero-order valence-electron chi connectivity index (χ0n) is 14.0. The molecule has 0 radical (unpaired) electrons. The minimum absolute atomic E-state index is 0.232. The summed E-state index contributed by atoms with van der Waals surface area (Å²) in [6.45, 7) is 4.40. The number of ether oxygens (including phenoxy) is 2. The second-order valence-corrected chi connectivity index (χ2v) is 6.08. The smallest absolute Gasteiger partial charge is 0.161 e. The molecule has 120 valence electrons. The lowest BCUT2D eigenvalue weighted by Gasteiger charge is -2.32. The number of phenols is 1. The van der Waals surface area contributed by atoms with E-state index >= 15 is 0 Å². The van der Waals surface area contributed by atoms with Crippen LogP contribution in [-0.4, -0.2) is 19.3 Å². The monoisotopic (exact) mass is 310 g/mol. The summed E-state index contributed by atoms with van der Waals surface area (Å²) in [6.07, 6.45) is 2.22. The first-order valence-corrected chi connectivity index (χ1v) is 7.78. The molecule has 3 rings (SSSR count). The van der Waals surface area contributed by atoms with Gasteiger partial charge < -0.3 is 14.6 Å². The first kappa shape index (κ1) is 15.5. The van der Waals surface area contributed by atoms with Gasteiger partial charge in [0, 0.05) is 5.92 Å². The molecule has 0 aromatic heterocycles. The van der Waals surface area contributed by atoms with E-state index in [1.54, 1.807) is 26.4 Å². The molecule has 0 saturated carbocycles. The van der Waals surface area contributed by atoms with E-state index in [1.165, 1.54) is 16.7 Å². The van der Waals surface area contributed by atoms with Crippen LogP contribution >= 0.6 is 0 Å². The fourth-order valence-corrected chi connectivity index (χ4v) is 3.36.